The zero-order valence-electron chi connectivity index (χ0n) is 19.3. The molecule has 6 N–H and O–H groups in total. The zero-order valence-corrected chi connectivity index (χ0v) is 19.3. The molecule has 2 heterocycles. The molecule has 2 amide bonds. The van der Waals surface area contributed by atoms with Crippen LogP contribution in [0.15, 0.2) is 60.9 Å². The Balaban J connectivity index is 1.31. The van der Waals surface area contributed by atoms with Crippen LogP contribution in [-0.4, -0.2) is 56.0 Å². The molecule has 0 fully saturated rings. The molecular formula is C26H26N4O6. The van der Waals surface area contributed by atoms with Gasteiger partial charge in [-0.05, 0) is 23.3 Å². The number of hydrogen-bond acceptors (Lipinski definition) is 4. The minimum atomic E-state index is -1.19. The van der Waals surface area contributed by atoms with Crippen LogP contribution in [0.2, 0.25) is 0 Å². The van der Waals surface area contributed by atoms with Gasteiger partial charge in [0.25, 0.3) is 0 Å². The van der Waals surface area contributed by atoms with E-state index < -0.39 is 35.8 Å². The summed E-state index contributed by atoms with van der Waals surface area (Å²) in [6.07, 6.45) is 3.01. The van der Waals surface area contributed by atoms with Gasteiger partial charge in [-0.25, -0.2) is 9.59 Å². The first-order valence-electron chi connectivity index (χ1n) is 11.5. The third kappa shape index (κ3) is 5.72. The molecule has 2 atom stereocenters. The fraction of sp³-hybridized carbons (Fsp3) is 0.231. The van der Waals surface area contributed by atoms with Crippen molar-refractivity contribution in [1.29, 1.82) is 0 Å². The lowest BCUT2D eigenvalue weighted by molar-refractivity contribution is -0.142. The number of carbonyl (C=O) groups excluding carboxylic acids is 2. The molecule has 2 unspecified atom stereocenters. The van der Waals surface area contributed by atoms with E-state index in [1.807, 2.05) is 48.5 Å². The van der Waals surface area contributed by atoms with Gasteiger partial charge < -0.3 is 30.8 Å². The number of carboxylic acid groups (broad SMARTS) is 2. The van der Waals surface area contributed by atoms with Gasteiger partial charge in [-0.15, -0.1) is 0 Å². The van der Waals surface area contributed by atoms with Gasteiger partial charge in [0, 0.05) is 59.9 Å². The molecule has 0 aliphatic rings. The molecule has 0 saturated heterocycles. The molecule has 0 spiro atoms. The highest BCUT2D eigenvalue weighted by molar-refractivity contribution is 5.90. The van der Waals surface area contributed by atoms with E-state index in [1.165, 1.54) is 0 Å². The van der Waals surface area contributed by atoms with Gasteiger partial charge in [-0.2, -0.15) is 0 Å². The topological polar surface area (TPSA) is 164 Å². The monoisotopic (exact) mass is 490 g/mol. The third-order valence-corrected chi connectivity index (χ3v) is 6.04. The first kappa shape index (κ1) is 24.5. The number of aromatic nitrogens is 2. The Kier molecular flexibility index (Phi) is 7.33. The Bertz CT molecular complexity index is 1310. The van der Waals surface area contributed by atoms with E-state index in [1.54, 1.807) is 12.4 Å². The van der Waals surface area contributed by atoms with Crippen molar-refractivity contribution < 1.29 is 29.4 Å². The van der Waals surface area contributed by atoms with Crippen LogP contribution in [0.25, 0.3) is 21.8 Å². The molecule has 0 aliphatic carbocycles. The van der Waals surface area contributed by atoms with Gasteiger partial charge in [0.15, 0.2) is 0 Å². The summed E-state index contributed by atoms with van der Waals surface area (Å²) in [5.74, 6) is -3.60. The van der Waals surface area contributed by atoms with Gasteiger partial charge in [-0.1, -0.05) is 36.4 Å². The smallest absolute Gasteiger partial charge is 0.326 e. The first-order valence-corrected chi connectivity index (χ1v) is 11.5. The molecule has 4 aromatic rings. The van der Waals surface area contributed by atoms with Gasteiger partial charge in [0.1, 0.15) is 12.1 Å². The molecule has 0 aliphatic heterocycles. The lowest BCUT2D eigenvalue weighted by atomic mass is 10.0. The number of H-pyrrole nitrogens is 2. The summed E-state index contributed by atoms with van der Waals surface area (Å²) in [5.41, 5.74) is 3.22. The van der Waals surface area contributed by atoms with E-state index >= 15 is 0 Å². The normalized spacial score (nSPS) is 12.8. The Morgan fingerprint density at radius 1 is 0.667 bits per heavy atom. The second-order valence-corrected chi connectivity index (χ2v) is 8.54. The summed E-state index contributed by atoms with van der Waals surface area (Å²) in [4.78, 5) is 54.4. The molecule has 2 aromatic carbocycles. The second-order valence-electron chi connectivity index (χ2n) is 8.54. The number of benzene rings is 2. The standard InChI is InChI=1S/C26H26N4O6/c31-23(29-21(25(33)34)11-15-13-27-19-7-3-1-5-17(15)19)9-10-24(32)30-22(26(35)36)12-16-14-28-20-8-4-2-6-18(16)20/h1-8,13-14,21-22,27-28H,9-12H2,(H,29,31)(H,30,32)(H,33,34)(H,35,36). The van der Waals surface area contributed by atoms with E-state index in [4.69, 9.17) is 0 Å². The van der Waals surface area contributed by atoms with E-state index in [2.05, 4.69) is 20.6 Å². The van der Waals surface area contributed by atoms with Crippen LogP contribution in [0, 0.1) is 0 Å². The van der Waals surface area contributed by atoms with Gasteiger partial charge in [0.05, 0.1) is 0 Å². The number of para-hydroxylation sites is 2. The fourth-order valence-electron chi connectivity index (χ4n) is 4.20. The molecule has 0 bridgehead atoms. The van der Waals surface area contributed by atoms with Gasteiger partial charge >= 0.3 is 11.9 Å². The zero-order chi connectivity index (χ0) is 25.7. The van der Waals surface area contributed by atoms with Crippen LogP contribution in [-0.2, 0) is 32.0 Å². The molecule has 10 heteroatoms. The quantitative estimate of drug-likeness (QED) is 0.189. The van der Waals surface area contributed by atoms with Crippen molar-refractivity contribution in [3.63, 3.8) is 0 Å². The first-order chi connectivity index (χ1) is 17.3. The molecule has 0 saturated carbocycles. The summed E-state index contributed by atoms with van der Waals surface area (Å²) in [6, 6.07) is 12.5. The number of aromatic amines is 2. The average molecular weight is 491 g/mol. The third-order valence-electron chi connectivity index (χ3n) is 6.04. The summed E-state index contributed by atoms with van der Waals surface area (Å²) in [6.45, 7) is 0. The van der Waals surface area contributed by atoms with Crippen molar-refractivity contribution in [2.45, 2.75) is 37.8 Å². The van der Waals surface area contributed by atoms with E-state index in [0.717, 1.165) is 32.9 Å². The summed E-state index contributed by atoms with van der Waals surface area (Å²) in [7, 11) is 0. The highest BCUT2D eigenvalue weighted by Gasteiger charge is 2.24. The van der Waals surface area contributed by atoms with Crippen molar-refractivity contribution in [3.05, 3.63) is 72.1 Å². The maximum atomic E-state index is 12.4. The maximum absolute atomic E-state index is 12.4. The molecule has 2 aromatic heterocycles. The summed E-state index contributed by atoms with van der Waals surface area (Å²) >= 11 is 0. The minimum absolute atomic E-state index is 0.0724. The lowest BCUT2D eigenvalue weighted by Gasteiger charge is -2.16. The highest BCUT2D eigenvalue weighted by atomic mass is 16.4. The Hall–Kier alpha value is -4.60. The molecule has 36 heavy (non-hydrogen) atoms. The van der Waals surface area contributed by atoms with Crippen LogP contribution in [0.1, 0.15) is 24.0 Å². The predicted octanol–water partition coefficient (Wildman–Crippen LogP) is 2.35. The Labute approximate surface area is 205 Å². The van der Waals surface area contributed by atoms with Crippen molar-refractivity contribution in [3.8, 4) is 0 Å². The van der Waals surface area contributed by atoms with Crippen molar-refractivity contribution >= 4 is 45.6 Å². The van der Waals surface area contributed by atoms with Crippen molar-refractivity contribution in [2.24, 2.45) is 0 Å². The lowest BCUT2D eigenvalue weighted by Crippen LogP contribution is -2.44. The number of amides is 2. The van der Waals surface area contributed by atoms with Gasteiger partial charge in [-0.3, -0.25) is 9.59 Å². The molecule has 10 nitrogen and oxygen atoms in total. The largest absolute Gasteiger partial charge is 0.480 e. The van der Waals surface area contributed by atoms with E-state index in [0.29, 0.717) is 0 Å². The van der Waals surface area contributed by atoms with E-state index in [9.17, 15) is 29.4 Å². The number of carboxylic acids is 2. The number of nitrogens with one attached hydrogen (secondary N) is 4. The Morgan fingerprint density at radius 3 is 1.44 bits per heavy atom. The predicted molar refractivity (Wildman–Crippen MR) is 132 cm³/mol. The number of rotatable bonds is 11. The van der Waals surface area contributed by atoms with Crippen LogP contribution in [0.3, 0.4) is 0 Å². The Morgan fingerprint density at radius 2 is 1.06 bits per heavy atom. The molecule has 4 rings (SSSR count). The number of carbonyl (C=O) groups is 4. The summed E-state index contributed by atoms with van der Waals surface area (Å²) in [5, 5.41) is 25.8. The second kappa shape index (κ2) is 10.8. The SMILES string of the molecule is O=C(CCC(=O)NC(Cc1c[nH]c2ccccc12)C(=O)O)NC(Cc1c[nH]c2ccccc12)C(=O)O. The van der Waals surface area contributed by atoms with Gasteiger partial charge in [0.2, 0.25) is 11.8 Å². The van der Waals surface area contributed by atoms with Crippen LogP contribution < -0.4 is 10.6 Å². The highest BCUT2D eigenvalue weighted by Crippen LogP contribution is 2.20. The maximum Gasteiger partial charge on any atom is 0.326 e. The van der Waals surface area contributed by atoms with Crippen LogP contribution in [0.5, 0.6) is 0 Å². The average Bonchev–Trinajstić information content (AvgIpc) is 3.46. The minimum Gasteiger partial charge on any atom is -0.480 e. The number of aliphatic carboxylic acids is 2. The number of fused-ring (bicyclic) bond motifs is 2. The molecule has 0 radical (unpaired) electrons. The van der Waals surface area contributed by atoms with E-state index in [-0.39, 0.29) is 25.7 Å². The summed E-state index contributed by atoms with van der Waals surface area (Å²) < 4.78 is 0. The molecule has 186 valence electrons. The van der Waals surface area contributed by atoms with Crippen LogP contribution >= 0.6 is 0 Å². The number of hydrogen-bond donors (Lipinski definition) is 6. The van der Waals surface area contributed by atoms with Crippen LogP contribution in [0.4, 0.5) is 0 Å². The molecular weight excluding hydrogens is 464 g/mol. The van der Waals surface area contributed by atoms with Crippen molar-refractivity contribution in [1.82, 2.24) is 20.6 Å². The fourth-order valence-corrected chi connectivity index (χ4v) is 4.20. The van der Waals surface area contributed by atoms with Crippen molar-refractivity contribution in [2.75, 3.05) is 0 Å².